The monoisotopic (exact) mass is 357 g/mol. The molecule has 5 nitrogen and oxygen atoms in total. The van der Waals surface area contributed by atoms with E-state index in [0.29, 0.717) is 12.4 Å². The van der Waals surface area contributed by atoms with E-state index in [1.165, 1.54) is 4.88 Å². The summed E-state index contributed by atoms with van der Waals surface area (Å²) < 4.78 is 10.9. The Morgan fingerprint density at radius 2 is 2.00 bits per heavy atom. The van der Waals surface area contributed by atoms with Crippen LogP contribution in [0.15, 0.2) is 46.3 Å². The van der Waals surface area contributed by atoms with Crippen molar-refractivity contribution in [2.45, 2.75) is 39.4 Å². The molecule has 6 heteroatoms. The van der Waals surface area contributed by atoms with Crippen LogP contribution >= 0.6 is 11.3 Å². The van der Waals surface area contributed by atoms with Gasteiger partial charge < -0.3 is 9.26 Å². The molecule has 25 heavy (non-hydrogen) atoms. The molecule has 2 heterocycles. The van der Waals surface area contributed by atoms with E-state index in [0.717, 1.165) is 43.1 Å². The van der Waals surface area contributed by atoms with Crippen LogP contribution in [-0.4, -0.2) is 22.2 Å². The first kappa shape index (κ1) is 17.6. The molecule has 0 aliphatic carbocycles. The van der Waals surface area contributed by atoms with Crippen molar-refractivity contribution in [1.82, 2.24) is 15.0 Å². The molecule has 0 atom stereocenters. The molecule has 0 saturated carbocycles. The van der Waals surface area contributed by atoms with Crippen LogP contribution in [0.4, 0.5) is 0 Å². The van der Waals surface area contributed by atoms with E-state index in [1.807, 2.05) is 18.2 Å². The zero-order valence-corrected chi connectivity index (χ0v) is 15.5. The van der Waals surface area contributed by atoms with Gasteiger partial charge in [-0.25, -0.2) is 0 Å². The zero-order chi connectivity index (χ0) is 17.5. The van der Waals surface area contributed by atoms with Crippen LogP contribution in [0, 0.1) is 0 Å². The fourth-order valence-corrected chi connectivity index (χ4v) is 3.48. The third-order valence-electron chi connectivity index (χ3n) is 3.89. The van der Waals surface area contributed by atoms with E-state index in [1.54, 1.807) is 18.4 Å². The predicted molar refractivity (Wildman–Crippen MR) is 98.6 cm³/mol. The van der Waals surface area contributed by atoms with Crippen molar-refractivity contribution in [1.29, 1.82) is 0 Å². The quantitative estimate of drug-likeness (QED) is 0.572. The van der Waals surface area contributed by atoms with Crippen molar-refractivity contribution in [3.63, 3.8) is 0 Å². The van der Waals surface area contributed by atoms with E-state index in [4.69, 9.17) is 9.26 Å². The second kappa shape index (κ2) is 8.78. The summed E-state index contributed by atoms with van der Waals surface area (Å²) in [6, 6.07) is 12.3. The van der Waals surface area contributed by atoms with E-state index in [-0.39, 0.29) is 0 Å². The number of nitrogens with zero attached hydrogens (tertiary/aromatic N) is 3. The Morgan fingerprint density at radius 3 is 2.76 bits per heavy atom. The smallest absolute Gasteiger partial charge is 0.240 e. The molecule has 3 rings (SSSR count). The Labute approximate surface area is 152 Å². The number of ether oxygens (including phenoxy) is 1. The lowest BCUT2D eigenvalue weighted by Crippen LogP contribution is -2.22. The van der Waals surface area contributed by atoms with Crippen LogP contribution in [0.25, 0.3) is 0 Å². The molecule has 0 aliphatic rings. The third-order valence-corrected chi connectivity index (χ3v) is 4.75. The number of hydrogen-bond donors (Lipinski definition) is 0. The van der Waals surface area contributed by atoms with E-state index >= 15 is 0 Å². The van der Waals surface area contributed by atoms with Gasteiger partial charge in [-0.1, -0.05) is 36.3 Å². The second-order valence-corrected chi connectivity index (χ2v) is 6.92. The topological polar surface area (TPSA) is 51.4 Å². The first-order valence-electron chi connectivity index (χ1n) is 8.46. The summed E-state index contributed by atoms with van der Waals surface area (Å²) in [4.78, 5) is 8.11. The number of thiophene rings is 1. The second-order valence-electron chi connectivity index (χ2n) is 5.89. The molecule has 3 aromatic rings. The Morgan fingerprint density at radius 1 is 1.12 bits per heavy atom. The normalized spacial score (nSPS) is 11.2. The van der Waals surface area contributed by atoms with Gasteiger partial charge in [0, 0.05) is 30.0 Å². The molecular weight excluding hydrogens is 334 g/mol. The summed E-state index contributed by atoms with van der Waals surface area (Å²) in [7, 11) is 1.71. The summed E-state index contributed by atoms with van der Waals surface area (Å²) in [5.41, 5.74) is 1.15. The molecular formula is C19H23N3O2S. The number of benzene rings is 1. The summed E-state index contributed by atoms with van der Waals surface area (Å²) >= 11 is 1.76. The maximum Gasteiger partial charge on any atom is 0.240 e. The Bertz CT molecular complexity index is 771. The van der Waals surface area contributed by atoms with Crippen LogP contribution < -0.4 is 4.74 Å². The van der Waals surface area contributed by atoms with Crippen LogP contribution in [0.5, 0.6) is 5.75 Å². The minimum Gasteiger partial charge on any atom is -0.496 e. The number of aryl methyl sites for hydroxylation is 1. The number of hydrogen-bond acceptors (Lipinski definition) is 6. The SMILES string of the molecule is CCCc1noc(CN(Cc2cccs2)Cc2ccccc2OC)n1. The zero-order valence-electron chi connectivity index (χ0n) is 14.6. The van der Waals surface area contributed by atoms with Gasteiger partial charge in [-0.15, -0.1) is 11.3 Å². The van der Waals surface area contributed by atoms with Gasteiger partial charge in [0.15, 0.2) is 5.82 Å². The molecule has 0 bridgehead atoms. The van der Waals surface area contributed by atoms with Gasteiger partial charge in [-0.3, -0.25) is 4.90 Å². The van der Waals surface area contributed by atoms with Crippen molar-refractivity contribution < 1.29 is 9.26 Å². The first-order chi connectivity index (χ1) is 12.3. The fourth-order valence-electron chi connectivity index (χ4n) is 2.74. The summed E-state index contributed by atoms with van der Waals surface area (Å²) in [5, 5.41) is 6.16. The number of para-hydroxylation sites is 1. The van der Waals surface area contributed by atoms with Gasteiger partial charge in [0.2, 0.25) is 5.89 Å². The summed E-state index contributed by atoms with van der Waals surface area (Å²) in [5.74, 6) is 2.34. The highest BCUT2D eigenvalue weighted by molar-refractivity contribution is 7.09. The van der Waals surface area contributed by atoms with Crippen molar-refractivity contribution in [3.05, 3.63) is 63.9 Å². The molecule has 132 valence electrons. The van der Waals surface area contributed by atoms with Gasteiger partial charge in [-0.2, -0.15) is 4.98 Å². The first-order valence-corrected chi connectivity index (χ1v) is 9.34. The van der Waals surface area contributed by atoms with E-state index in [2.05, 4.69) is 45.5 Å². The molecule has 0 N–H and O–H groups in total. The molecule has 0 fully saturated rings. The molecule has 0 amide bonds. The Balaban J connectivity index is 1.76. The van der Waals surface area contributed by atoms with Crippen molar-refractivity contribution in [2.75, 3.05) is 7.11 Å². The standard InChI is InChI=1S/C19H23N3O2S/c1-3-7-18-20-19(24-21-18)14-22(13-16-9-6-11-25-16)12-15-8-4-5-10-17(15)23-2/h4-6,8-11H,3,7,12-14H2,1-2H3. The largest absolute Gasteiger partial charge is 0.496 e. The maximum absolute atomic E-state index is 5.49. The van der Waals surface area contributed by atoms with Crippen LogP contribution in [0.2, 0.25) is 0 Å². The molecule has 0 radical (unpaired) electrons. The number of methoxy groups -OCH3 is 1. The maximum atomic E-state index is 5.49. The average Bonchev–Trinajstić information content (AvgIpc) is 3.28. The summed E-state index contributed by atoms with van der Waals surface area (Å²) in [6.45, 7) is 4.32. The molecule has 0 aliphatic heterocycles. The Kier molecular flexibility index (Phi) is 6.19. The highest BCUT2D eigenvalue weighted by atomic mass is 32.1. The number of aromatic nitrogens is 2. The third kappa shape index (κ3) is 4.90. The van der Waals surface area contributed by atoms with Gasteiger partial charge in [0.25, 0.3) is 0 Å². The molecule has 1 aromatic carbocycles. The number of rotatable bonds is 9. The molecule has 2 aromatic heterocycles. The minimum atomic E-state index is 0.618. The fraction of sp³-hybridized carbons (Fsp3) is 0.368. The van der Waals surface area contributed by atoms with E-state index < -0.39 is 0 Å². The van der Waals surface area contributed by atoms with Gasteiger partial charge >= 0.3 is 0 Å². The van der Waals surface area contributed by atoms with Gasteiger partial charge in [0.05, 0.1) is 13.7 Å². The van der Waals surface area contributed by atoms with Crippen LogP contribution in [0.3, 0.4) is 0 Å². The summed E-state index contributed by atoms with van der Waals surface area (Å²) in [6.07, 6.45) is 1.86. The molecule has 0 unspecified atom stereocenters. The van der Waals surface area contributed by atoms with Crippen LogP contribution in [-0.2, 0) is 26.1 Å². The average molecular weight is 357 g/mol. The lowest BCUT2D eigenvalue weighted by atomic mass is 10.2. The van der Waals surface area contributed by atoms with Crippen molar-refractivity contribution >= 4 is 11.3 Å². The minimum absolute atomic E-state index is 0.618. The lowest BCUT2D eigenvalue weighted by molar-refractivity contribution is 0.210. The van der Waals surface area contributed by atoms with Crippen molar-refractivity contribution in [2.24, 2.45) is 0 Å². The highest BCUT2D eigenvalue weighted by Crippen LogP contribution is 2.22. The molecule has 0 spiro atoms. The highest BCUT2D eigenvalue weighted by Gasteiger charge is 2.15. The van der Waals surface area contributed by atoms with Crippen molar-refractivity contribution in [3.8, 4) is 5.75 Å². The molecule has 0 saturated heterocycles. The van der Waals surface area contributed by atoms with Crippen LogP contribution in [0.1, 0.15) is 35.5 Å². The lowest BCUT2D eigenvalue weighted by Gasteiger charge is -2.21. The van der Waals surface area contributed by atoms with Gasteiger partial charge in [-0.05, 0) is 23.9 Å². The predicted octanol–water partition coefficient (Wildman–Crippen LogP) is 4.29. The van der Waals surface area contributed by atoms with E-state index in [9.17, 15) is 0 Å². The van der Waals surface area contributed by atoms with Gasteiger partial charge in [0.1, 0.15) is 5.75 Å². The Hall–Kier alpha value is -2.18.